The van der Waals surface area contributed by atoms with Crippen LogP contribution >= 0.6 is 0 Å². The molecule has 5 nitrogen and oxygen atoms in total. The maximum absolute atomic E-state index is 12.2. The smallest absolute Gasteiger partial charge is 0.230 e. The first-order valence-corrected chi connectivity index (χ1v) is 6.75. The number of imidazole rings is 1. The number of para-hydroxylation sites is 2. The molecule has 1 fully saturated rings. The highest BCUT2D eigenvalue weighted by atomic mass is 16.2. The molecule has 19 heavy (non-hydrogen) atoms. The molecule has 0 bridgehead atoms. The number of fused-ring (bicyclic) bond motifs is 1. The molecule has 0 radical (unpaired) electrons. The molecule has 1 saturated heterocycles. The average Bonchev–Trinajstić information content (AvgIpc) is 2.81. The van der Waals surface area contributed by atoms with Gasteiger partial charge in [0.05, 0.1) is 50.7 Å². The number of piperazine rings is 1. The molecule has 1 aliphatic rings. The zero-order valence-electron chi connectivity index (χ0n) is 11.1. The van der Waals surface area contributed by atoms with Gasteiger partial charge in [0.1, 0.15) is 5.82 Å². The van der Waals surface area contributed by atoms with E-state index in [1.54, 1.807) is 0 Å². The molecule has 5 heteroatoms. The summed E-state index contributed by atoms with van der Waals surface area (Å²) in [4.78, 5) is 23.3. The molecule has 1 aromatic carbocycles. The number of aromatic amines is 1. The molecule has 0 saturated carbocycles. The number of carbonyl (C=O) groups is 1. The Morgan fingerprint density at radius 2 is 2.11 bits per heavy atom. The number of nitrogens with one attached hydrogen (secondary N) is 2. The van der Waals surface area contributed by atoms with Crippen molar-refractivity contribution in [2.24, 2.45) is 0 Å². The van der Waals surface area contributed by atoms with E-state index in [0.29, 0.717) is 6.42 Å². The summed E-state index contributed by atoms with van der Waals surface area (Å²) in [6, 6.07) is 7.86. The van der Waals surface area contributed by atoms with Crippen molar-refractivity contribution in [1.29, 1.82) is 0 Å². The molecular weight excluding hydrogens is 240 g/mol. The standard InChI is InChI=1S/C14H18N4O/c1-17-6-8-18(9-7-17)14(19)10-13-15-11-4-2-3-5-12(11)16-13/h2-5H,6-10H2,1H3,(H,15,16)/p+1. The molecule has 1 amide bonds. The Kier molecular flexibility index (Phi) is 3.21. The first-order valence-electron chi connectivity index (χ1n) is 6.75. The molecule has 1 aliphatic heterocycles. The normalized spacial score (nSPS) is 17.0. The molecule has 100 valence electrons. The molecule has 0 spiro atoms. The van der Waals surface area contributed by atoms with E-state index < -0.39 is 0 Å². The van der Waals surface area contributed by atoms with E-state index in [-0.39, 0.29) is 5.91 Å². The highest BCUT2D eigenvalue weighted by Crippen LogP contribution is 2.11. The SMILES string of the molecule is C[NH+]1CCN(C(=O)Cc2nc3ccccc3[nH]2)CC1. The van der Waals surface area contributed by atoms with Gasteiger partial charge in [0.15, 0.2) is 0 Å². The van der Waals surface area contributed by atoms with Crippen LogP contribution in [0, 0.1) is 0 Å². The number of aromatic nitrogens is 2. The van der Waals surface area contributed by atoms with E-state index in [0.717, 1.165) is 43.0 Å². The Hall–Kier alpha value is -1.88. The third kappa shape index (κ3) is 2.61. The summed E-state index contributed by atoms with van der Waals surface area (Å²) < 4.78 is 0. The van der Waals surface area contributed by atoms with Crippen molar-refractivity contribution in [2.75, 3.05) is 33.2 Å². The molecule has 1 aromatic heterocycles. The molecular formula is C14H19N4O+. The number of quaternary nitrogens is 1. The number of hydrogen-bond donors (Lipinski definition) is 2. The second kappa shape index (κ2) is 5.01. The average molecular weight is 259 g/mol. The number of nitrogens with zero attached hydrogens (tertiary/aromatic N) is 2. The number of likely N-dealkylation sites (N-methyl/N-ethyl adjacent to an activating group) is 1. The van der Waals surface area contributed by atoms with Crippen LogP contribution in [-0.2, 0) is 11.2 Å². The van der Waals surface area contributed by atoms with Gasteiger partial charge in [-0.05, 0) is 12.1 Å². The fraction of sp³-hybridized carbons (Fsp3) is 0.429. The van der Waals surface area contributed by atoms with Gasteiger partial charge in [0.25, 0.3) is 0 Å². The van der Waals surface area contributed by atoms with Gasteiger partial charge in [-0.2, -0.15) is 0 Å². The van der Waals surface area contributed by atoms with Crippen LogP contribution < -0.4 is 4.90 Å². The second-order valence-corrected chi connectivity index (χ2v) is 5.22. The fourth-order valence-electron chi connectivity index (χ4n) is 2.48. The summed E-state index contributed by atoms with van der Waals surface area (Å²) in [5.41, 5.74) is 1.92. The summed E-state index contributed by atoms with van der Waals surface area (Å²) in [5.74, 6) is 0.934. The van der Waals surface area contributed by atoms with Crippen LogP contribution in [0.3, 0.4) is 0 Å². The first kappa shape index (κ1) is 12.2. The molecule has 2 N–H and O–H groups in total. The lowest BCUT2D eigenvalue weighted by Gasteiger charge is -2.29. The minimum atomic E-state index is 0.173. The van der Waals surface area contributed by atoms with E-state index in [1.807, 2.05) is 29.2 Å². The minimum Gasteiger partial charge on any atom is -0.342 e. The quantitative estimate of drug-likeness (QED) is 0.761. The highest BCUT2D eigenvalue weighted by molar-refractivity contribution is 5.80. The van der Waals surface area contributed by atoms with Gasteiger partial charge in [0.2, 0.25) is 5.91 Å². The molecule has 3 rings (SSSR count). The summed E-state index contributed by atoms with van der Waals surface area (Å²) >= 11 is 0. The largest absolute Gasteiger partial charge is 0.342 e. The molecule has 0 unspecified atom stereocenters. The number of H-pyrrole nitrogens is 1. The lowest BCUT2D eigenvalue weighted by atomic mass is 10.3. The van der Waals surface area contributed by atoms with E-state index in [4.69, 9.17) is 0 Å². The summed E-state index contributed by atoms with van der Waals surface area (Å²) in [6.45, 7) is 3.77. The number of rotatable bonds is 2. The third-order valence-electron chi connectivity index (χ3n) is 3.73. The maximum atomic E-state index is 12.2. The molecule has 2 heterocycles. The Balaban J connectivity index is 1.68. The lowest BCUT2D eigenvalue weighted by Crippen LogP contribution is -3.12. The number of benzene rings is 1. The Morgan fingerprint density at radius 3 is 2.84 bits per heavy atom. The van der Waals surface area contributed by atoms with Crippen molar-refractivity contribution in [3.63, 3.8) is 0 Å². The van der Waals surface area contributed by atoms with Crippen LogP contribution in [0.15, 0.2) is 24.3 Å². The van der Waals surface area contributed by atoms with Crippen LogP contribution in [0.4, 0.5) is 0 Å². The van der Waals surface area contributed by atoms with Gasteiger partial charge in [0, 0.05) is 0 Å². The number of hydrogen-bond acceptors (Lipinski definition) is 2. The predicted molar refractivity (Wildman–Crippen MR) is 73.0 cm³/mol. The van der Waals surface area contributed by atoms with Crippen molar-refractivity contribution in [3.8, 4) is 0 Å². The van der Waals surface area contributed by atoms with E-state index >= 15 is 0 Å². The van der Waals surface area contributed by atoms with Gasteiger partial charge in [-0.15, -0.1) is 0 Å². The van der Waals surface area contributed by atoms with Crippen molar-refractivity contribution in [3.05, 3.63) is 30.1 Å². The Bertz CT molecular complexity index is 551. The van der Waals surface area contributed by atoms with E-state index in [1.165, 1.54) is 4.90 Å². The van der Waals surface area contributed by atoms with Crippen molar-refractivity contribution < 1.29 is 9.69 Å². The van der Waals surface area contributed by atoms with Crippen LogP contribution in [0.2, 0.25) is 0 Å². The highest BCUT2D eigenvalue weighted by Gasteiger charge is 2.22. The van der Waals surface area contributed by atoms with Gasteiger partial charge in [-0.1, -0.05) is 12.1 Å². The fourth-order valence-corrected chi connectivity index (χ4v) is 2.48. The van der Waals surface area contributed by atoms with Crippen LogP contribution in [0.5, 0.6) is 0 Å². The number of carbonyl (C=O) groups excluding carboxylic acids is 1. The Morgan fingerprint density at radius 1 is 1.37 bits per heavy atom. The Labute approximate surface area is 112 Å². The maximum Gasteiger partial charge on any atom is 0.230 e. The third-order valence-corrected chi connectivity index (χ3v) is 3.73. The summed E-state index contributed by atoms with van der Waals surface area (Å²) in [7, 11) is 2.17. The molecule has 0 aliphatic carbocycles. The number of amides is 1. The van der Waals surface area contributed by atoms with Crippen LogP contribution in [0.25, 0.3) is 11.0 Å². The predicted octanol–water partition coefficient (Wildman–Crippen LogP) is -0.538. The zero-order chi connectivity index (χ0) is 13.2. The van der Waals surface area contributed by atoms with Crippen LogP contribution in [-0.4, -0.2) is 54.0 Å². The van der Waals surface area contributed by atoms with Crippen molar-refractivity contribution in [1.82, 2.24) is 14.9 Å². The van der Waals surface area contributed by atoms with Gasteiger partial charge in [-0.25, -0.2) is 4.98 Å². The first-order chi connectivity index (χ1) is 9.22. The monoisotopic (exact) mass is 259 g/mol. The van der Waals surface area contributed by atoms with Gasteiger partial charge >= 0.3 is 0 Å². The van der Waals surface area contributed by atoms with Crippen molar-refractivity contribution in [2.45, 2.75) is 6.42 Å². The van der Waals surface area contributed by atoms with Gasteiger partial charge in [-0.3, -0.25) is 4.79 Å². The second-order valence-electron chi connectivity index (χ2n) is 5.22. The van der Waals surface area contributed by atoms with Crippen LogP contribution in [0.1, 0.15) is 5.82 Å². The topological polar surface area (TPSA) is 53.4 Å². The lowest BCUT2D eigenvalue weighted by molar-refractivity contribution is -0.883. The summed E-state index contributed by atoms with van der Waals surface area (Å²) in [6.07, 6.45) is 0.369. The molecule has 0 atom stereocenters. The van der Waals surface area contributed by atoms with E-state index in [9.17, 15) is 4.79 Å². The van der Waals surface area contributed by atoms with E-state index in [2.05, 4.69) is 17.0 Å². The van der Waals surface area contributed by atoms with Crippen molar-refractivity contribution >= 4 is 16.9 Å². The zero-order valence-corrected chi connectivity index (χ0v) is 11.1. The minimum absolute atomic E-state index is 0.173. The summed E-state index contributed by atoms with van der Waals surface area (Å²) in [5, 5.41) is 0. The molecule has 2 aromatic rings. The van der Waals surface area contributed by atoms with Gasteiger partial charge < -0.3 is 14.8 Å².